The summed E-state index contributed by atoms with van der Waals surface area (Å²) in [5.41, 5.74) is 4.60. The molecular formula is C39H24N2S2. The maximum absolute atomic E-state index is 5.10. The first-order chi connectivity index (χ1) is 21.3. The third kappa shape index (κ3) is 4.03. The standard InChI is InChI=1S/C39H24N2S2/c1-2-8-25(9-3-1)26-14-16-29(17-15-26)41(30-18-19-32-31-12-6-7-13-34(31)42-37(32)24-30)39-38-33-22-27-10-4-5-11-28(27)23-36(33)43-35(38)20-21-40-39/h1-24H. The van der Waals surface area contributed by atoms with E-state index >= 15 is 0 Å². The Hall–Kier alpha value is -5.03. The normalized spacial score (nSPS) is 11.7. The Morgan fingerprint density at radius 3 is 1.95 bits per heavy atom. The van der Waals surface area contributed by atoms with Crippen molar-refractivity contribution < 1.29 is 0 Å². The van der Waals surface area contributed by atoms with Crippen molar-refractivity contribution >= 4 is 91.0 Å². The Labute approximate surface area is 256 Å². The molecule has 0 spiro atoms. The Morgan fingerprint density at radius 1 is 0.442 bits per heavy atom. The predicted octanol–water partition coefficient (Wildman–Crippen LogP) is 12.1. The van der Waals surface area contributed by atoms with Gasteiger partial charge in [-0.25, -0.2) is 4.98 Å². The number of thiophene rings is 2. The molecule has 9 aromatic rings. The van der Waals surface area contributed by atoms with E-state index in [4.69, 9.17) is 4.98 Å². The lowest BCUT2D eigenvalue weighted by Gasteiger charge is -2.25. The van der Waals surface area contributed by atoms with Gasteiger partial charge < -0.3 is 0 Å². The van der Waals surface area contributed by atoms with Gasteiger partial charge in [0.25, 0.3) is 0 Å². The third-order valence-electron chi connectivity index (χ3n) is 8.29. The first kappa shape index (κ1) is 24.6. The largest absolute Gasteiger partial charge is 0.294 e. The van der Waals surface area contributed by atoms with Crippen molar-refractivity contribution in [2.75, 3.05) is 4.90 Å². The summed E-state index contributed by atoms with van der Waals surface area (Å²) in [4.78, 5) is 7.44. The van der Waals surface area contributed by atoms with Crippen molar-refractivity contribution in [2.24, 2.45) is 0 Å². The fourth-order valence-electron chi connectivity index (χ4n) is 6.24. The molecule has 0 atom stereocenters. The number of pyridine rings is 1. The molecule has 0 aliphatic heterocycles. The summed E-state index contributed by atoms with van der Waals surface area (Å²) in [6, 6.07) is 50.4. The van der Waals surface area contributed by atoms with Crippen LogP contribution in [-0.2, 0) is 0 Å². The van der Waals surface area contributed by atoms with Gasteiger partial charge in [0.05, 0.1) is 0 Å². The minimum atomic E-state index is 0.951. The van der Waals surface area contributed by atoms with Crippen molar-refractivity contribution in [3.05, 3.63) is 146 Å². The molecule has 202 valence electrons. The van der Waals surface area contributed by atoms with Crippen LogP contribution in [0.3, 0.4) is 0 Å². The zero-order valence-electron chi connectivity index (χ0n) is 23.1. The fourth-order valence-corrected chi connectivity index (χ4v) is 8.51. The van der Waals surface area contributed by atoms with Gasteiger partial charge in [0, 0.05) is 57.9 Å². The molecule has 0 fully saturated rings. The van der Waals surface area contributed by atoms with Crippen molar-refractivity contribution in [3.63, 3.8) is 0 Å². The number of benzene rings is 6. The van der Waals surface area contributed by atoms with Crippen LogP contribution in [0.1, 0.15) is 0 Å². The number of nitrogens with zero attached hydrogens (tertiary/aromatic N) is 2. The van der Waals surface area contributed by atoms with Gasteiger partial charge >= 0.3 is 0 Å². The van der Waals surface area contributed by atoms with Gasteiger partial charge in [-0.2, -0.15) is 0 Å². The van der Waals surface area contributed by atoms with Crippen LogP contribution in [0.15, 0.2) is 146 Å². The van der Waals surface area contributed by atoms with E-state index in [1.54, 1.807) is 0 Å². The molecule has 3 aromatic heterocycles. The third-order valence-corrected chi connectivity index (χ3v) is 10.5. The maximum atomic E-state index is 5.10. The van der Waals surface area contributed by atoms with E-state index in [-0.39, 0.29) is 0 Å². The zero-order chi connectivity index (χ0) is 28.3. The monoisotopic (exact) mass is 584 g/mol. The van der Waals surface area contributed by atoms with Crippen molar-refractivity contribution in [1.29, 1.82) is 0 Å². The Kier molecular flexibility index (Phi) is 5.58. The van der Waals surface area contributed by atoms with Crippen LogP contribution in [0.4, 0.5) is 17.2 Å². The summed E-state index contributed by atoms with van der Waals surface area (Å²) < 4.78 is 5.11. The second-order valence-corrected chi connectivity index (χ2v) is 13.0. The van der Waals surface area contributed by atoms with Crippen LogP contribution >= 0.6 is 22.7 Å². The molecule has 0 unspecified atom stereocenters. The molecule has 4 heteroatoms. The molecule has 6 aromatic carbocycles. The van der Waals surface area contributed by atoms with Gasteiger partial charge in [0.1, 0.15) is 5.82 Å². The van der Waals surface area contributed by atoms with Crippen LogP contribution < -0.4 is 4.90 Å². The molecule has 43 heavy (non-hydrogen) atoms. The highest BCUT2D eigenvalue weighted by molar-refractivity contribution is 7.26. The number of aromatic nitrogens is 1. The first-order valence-electron chi connectivity index (χ1n) is 14.4. The second kappa shape index (κ2) is 9.77. The summed E-state index contributed by atoms with van der Waals surface area (Å²) in [7, 11) is 0. The van der Waals surface area contributed by atoms with E-state index < -0.39 is 0 Å². The molecule has 9 rings (SSSR count). The summed E-state index contributed by atoms with van der Waals surface area (Å²) in [6.45, 7) is 0. The lowest BCUT2D eigenvalue weighted by molar-refractivity contribution is 1.21. The molecule has 0 amide bonds. The molecule has 0 N–H and O–H groups in total. The number of hydrogen-bond donors (Lipinski definition) is 0. The lowest BCUT2D eigenvalue weighted by atomic mass is 10.0. The topological polar surface area (TPSA) is 16.1 Å². The summed E-state index contributed by atoms with van der Waals surface area (Å²) in [5, 5.41) is 7.55. The van der Waals surface area contributed by atoms with Gasteiger partial charge in [-0.15, -0.1) is 22.7 Å². The van der Waals surface area contributed by atoms with Crippen LogP contribution in [-0.4, -0.2) is 4.98 Å². The fraction of sp³-hybridized carbons (Fsp3) is 0. The highest BCUT2D eigenvalue weighted by Gasteiger charge is 2.21. The quantitative estimate of drug-likeness (QED) is 0.205. The van der Waals surface area contributed by atoms with E-state index in [1.807, 2.05) is 28.9 Å². The predicted molar refractivity (Wildman–Crippen MR) is 188 cm³/mol. The Balaban J connectivity index is 1.30. The zero-order valence-corrected chi connectivity index (χ0v) is 24.7. The van der Waals surface area contributed by atoms with Crippen molar-refractivity contribution in [2.45, 2.75) is 0 Å². The van der Waals surface area contributed by atoms with Crippen LogP contribution in [0, 0.1) is 0 Å². The SMILES string of the molecule is c1ccc(-c2ccc(N(c3ccc4c(c3)sc3ccccc34)c3nccc4sc5cc6ccccc6cc5c34)cc2)cc1. The number of hydrogen-bond acceptors (Lipinski definition) is 4. The summed E-state index contributed by atoms with van der Waals surface area (Å²) >= 11 is 3.69. The molecule has 0 radical (unpaired) electrons. The molecule has 0 saturated carbocycles. The van der Waals surface area contributed by atoms with Crippen LogP contribution in [0.2, 0.25) is 0 Å². The van der Waals surface area contributed by atoms with Crippen LogP contribution in [0.25, 0.3) is 62.2 Å². The van der Waals surface area contributed by atoms with Gasteiger partial charge in [-0.05, 0) is 70.4 Å². The van der Waals surface area contributed by atoms with Gasteiger partial charge in [0.15, 0.2) is 0 Å². The first-order valence-corrected chi connectivity index (χ1v) is 16.0. The van der Waals surface area contributed by atoms with Crippen LogP contribution in [0.5, 0.6) is 0 Å². The highest BCUT2D eigenvalue weighted by atomic mass is 32.1. The van der Waals surface area contributed by atoms with Crippen molar-refractivity contribution in [3.8, 4) is 11.1 Å². The Morgan fingerprint density at radius 2 is 1.09 bits per heavy atom. The van der Waals surface area contributed by atoms with E-state index in [9.17, 15) is 0 Å². The van der Waals surface area contributed by atoms with E-state index in [2.05, 4.69) is 144 Å². The van der Waals surface area contributed by atoms with E-state index in [1.165, 1.54) is 62.2 Å². The molecule has 0 aliphatic carbocycles. The second-order valence-electron chi connectivity index (χ2n) is 10.8. The number of anilines is 3. The van der Waals surface area contributed by atoms with Gasteiger partial charge in [0.2, 0.25) is 0 Å². The molecular weight excluding hydrogens is 561 g/mol. The van der Waals surface area contributed by atoms with Crippen molar-refractivity contribution in [1.82, 2.24) is 4.98 Å². The minimum Gasteiger partial charge on any atom is -0.294 e. The molecule has 0 aliphatic rings. The average Bonchev–Trinajstić information content (AvgIpc) is 3.62. The summed E-state index contributed by atoms with van der Waals surface area (Å²) in [5.74, 6) is 0.951. The van der Waals surface area contributed by atoms with Gasteiger partial charge in [-0.3, -0.25) is 4.90 Å². The molecule has 2 nitrogen and oxygen atoms in total. The molecule has 3 heterocycles. The average molecular weight is 585 g/mol. The van der Waals surface area contributed by atoms with E-state index in [0.717, 1.165) is 17.2 Å². The van der Waals surface area contributed by atoms with Gasteiger partial charge in [-0.1, -0.05) is 91.0 Å². The molecule has 0 saturated heterocycles. The van der Waals surface area contributed by atoms with E-state index in [0.29, 0.717) is 0 Å². The number of fused-ring (bicyclic) bond motifs is 7. The lowest BCUT2D eigenvalue weighted by Crippen LogP contribution is -2.11. The number of rotatable bonds is 4. The summed E-state index contributed by atoms with van der Waals surface area (Å²) in [6.07, 6.45) is 1.95. The smallest absolute Gasteiger partial charge is 0.146 e. The maximum Gasteiger partial charge on any atom is 0.146 e. The Bertz CT molecular complexity index is 2450. The molecule has 0 bridgehead atoms. The minimum absolute atomic E-state index is 0.951. The highest BCUT2D eigenvalue weighted by Crippen LogP contribution is 2.46.